The molecular weight excluding hydrogens is 380 g/mol. The lowest BCUT2D eigenvalue weighted by Gasteiger charge is -2.42. The van der Waals surface area contributed by atoms with Gasteiger partial charge in [0.2, 0.25) is 0 Å². The molecule has 0 amide bonds. The van der Waals surface area contributed by atoms with Gasteiger partial charge in [0.15, 0.2) is 0 Å². The number of rotatable bonds is 4. The van der Waals surface area contributed by atoms with Crippen molar-refractivity contribution in [2.75, 3.05) is 0 Å². The maximum atomic E-state index is 10.1. The maximum Gasteiger partial charge on any atom is 0.118 e. The summed E-state index contributed by atoms with van der Waals surface area (Å²) in [6.07, 6.45) is 4.37. The summed E-state index contributed by atoms with van der Waals surface area (Å²) in [6.45, 7) is 8.51. The molecular formula is C29H34O2. The zero-order chi connectivity index (χ0) is 22.2. The van der Waals surface area contributed by atoms with E-state index in [2.05, 4.69) is 62.4 Å². The van der Waals surface area contributed by atoms with Crippen LogP contribution in [0.2, 0.25) is 0 Å². The lowest BCUT2D eigenvalue weighted by atomic mass is 9.61. The number of aryl methyl sites for hydroxylation is 2. The summed E-state index contributed by atoms with van der Waals surface area (Å²) in [6, 6.07) is 21.1. The molecule has 31 heavy (non-hydrogen) atoms. The summed E-state index contributed by atoms with van der Waals surface area (Å²) >= 11 is 0. The highest BCUT2D eigenvalue weighted by molar-refractivity contribution is 5.48. The van der Waals surface area contributed by atoms with Crippen LogP contribution in [0.5, 0.6) is 11.5 Å². The summed E-state index contributed by atoms with van der Waals surface area (Å²) in [5, 5.41) is 20.2. The summed E-state index contributed by atoms with van der Waals surface area (Å²) in [5.41, 5.74) is 7.25. The van der Waals surface area contributed by atoms with Crippen LogP contribution < -0.4 is 0 Å². The van der Waals surface area contributed by atoms with E-state index < -0.39 is 0 Å². The van der Waals surface area contributed by atoms with Crippen LogP contribution in [-0.2, 0) is 5.41 Å². The second-order valence-electron chi connectivity index (χ2n) is 9.64. The van der Waals surface area contributed by atoms with Crippen LogP contribution in [0.25, 0.3) is 0 Å². The van der Waals surface area contributed by atoms with Crippen molar-refractivity contribution in [2.45, 2.75) is 70.6 Å². The molecule has 162 valence electrons. The van der Waals surface area contributed by atoms with Crippen LogP contribution in [0.15, 0.2) is 60.7 Å². The lowest BCUT2D eigenvalue weighted by molar-refractivity contribution is 0.313. The molecule has 1 aliphatic carbocycles. The largest absolute Gasteiger partial charge is 0.508 e. The molecule has 3 aromatic carbocycles. The third kappa shape index (κ3) is 3.96. The van der Waals surface area contributed by atoms with Crippen LogP contribution >= 0.6 is 0 Å². The van der Waals surface area contributed by atoms with Gasteiger partial charge in [0, 0.05) is 5.41 Å². The van der Waals surface area contributed by atoms with Crippen molar-refractivity contribution in [2.24, 2.45) is 0 Å². The number of hydrogen-bond donors (Lipinski definition) is 2. The van der Waals surface area contributed by atoms with E-state index in [1.165, 1.54) is 22.3 Å². The number of benzene rings is 3. The average Bonchev–Trinajstić information content (AvgIpc) is 2.77. The third-order valence-corrected chi connectivity index (χ3v) is 7.40. The fraction of sp³-hybridized carbons (Fsp3) is 0.379. The first-order valence-electron chi connectivity index (χ1n) is 11.5. The molecule has 4 rings (SSSR count). The molecule has 0 aliphatic heterocycles. The van der Waals surface area contributed by atoms with Crippen LogP contribution in [-0.4, -0.2) is 10.2 Å². The molecule has 1 fully saturated rings. The van der Waals surface area contributed by atoms with E-state index in [1.807, 2.05) is 26.0 Å². The Balaban J connectivity index is 1.74. The molecule has 0 bridgehead atoms. The molecule has 2 heteroatoms. The average molecular weight is 415 g/mol. The molecule has 1 aliphatic rings. The highest BCUT2D eigenvalue weighted by Crippen LogP contribution is 2.50. The normalized spacial score (nSPS) is 16.5. The van der Waals surface area contributed by atoms with E-state index in [4.69, 9.17) is 0 Å². The number of phenols is 2. The summed E-state index contributed by atoms with van der Waals surface area (Å²) in [4.78, 5) is 0. The molecule has 0 spiro atoms. The van der Waals surface area contributed by atoms with Gasteiger partial charge >= 0.3 is 0 Å². The minimum Gasteiger partial charge on any atom is -0.508 e. The second kappa shape index (κ2) is 8.42. The van der Waals surface area contributed by atoms with Gasteiger partial charge in [0.25, 0.3) is 0 Å². The van der Waals surface area contributed by atoms with Gasteiger partial charge in [-0.2, -0.15) is 0 Å². The van der Waals surface area contributed by atoms with Crippen molar-refractivity contribution in [1.82, 2.24) is 0 Å². The van der Waals surface area contributed by atoms with Crippen molar-refractivity contribution >= 4 is 0 Å². The minimum absolute atomic E-state index is 0.0970. The third-order valence-electron chi connectivity index (χ3n) is 7.40. The molecule has 0 unspecified atom stereocenters. The van der Waals surface area contributed by atoms with E-state index >= 15 is 0 Å². The number of hydrogen-bond acceptors (Lipinski definition) is 2. The Bertz CT molecular complexity index is 1020. The van der Waals surface area contributed by atoms with Gasteiger partial charge in [-0.1, -0.05) is 62.4 Å². The van der Waals surface area contributed by atoms with Crippen LogP contribution in [0.3, 0.4) is 0 Å². The van der Waals surface area contributed by atoms with E-state index in [-0.39, 0.29) is 5.41 Å². The van der Waals surface area contributed by atoms with Crippen molar-refractivity contribution < 1.29 is 10.2 Å². The molecule has 2 N–H and O–H groups in total. The van der Waals surface area contributed by atoms with Gasteiger partial charge in [-0.25, -0.2) is 0 Å². The summed E-state index contributed by atoms with van der Waals surface area (Å²) < 4.78 is 0. The SMILES string of the molecule is Cc1cc(C2(c3ccc(O)c(C)c3)CCC(c3ccccc3C(C)C)CC2)ccc1O. The number of phenolic OH excluding ortho intramolecular Hbond substituents is 2. The Labute approximate surface area is 186 Å². The Morgan fingerprint density at radius 1 is 0.774 bits per heavy atom. The van der Waals surface area contributed by atoms with Crippen molar-refractivity contribution in [3.63, 3.8) is 0 Å². The maximum absolute atomic E-state index is 10.1. The van der Waals surface area contributed by atoms with Crippen molar-refractivity contribution in [3.05, 3.63) is 94.0 Å². The lowest BCUT2D eigenvalue weighted by Crippen LogP contribution is -2.33. The van der Waals surface area contributed by atoms with E-state index in [0.717, 1.165) is 36.8 Å². The van der Waals surface area contributed by atoms with Gasteiger partial charge in [-0.3, -0.25) is 0 Å². The predicted octanol–water partition coefficient (Wildman–Crippen LogP) is 7.48. The van der Waals surface area contributed by atoms with Gasteiger partial charge < -0.3 is 10.2 Å². The fourth-order valence-electron chi connectivity index (χ4n) is 5.48. The molecule has 0 aromatic heterocycles. The molecule has 0 atom stereocenters. The van der Waals surface area contributed by atoms with Crippen molar-refractivity contribution in [3.8, 4) is 11.5 Å². The van der Waals surface area contributed by atoms with Gasteiger partial charge in [-0.05, 0) is 96.9 Å². The first-order valence-corrected chi connectivity index (χ1v) is 11.5. The van der Waals surface area contributed by atoms with Crippen LogP contribution in [0.4, 0.5) is 0 Å². The highest BCUT2D eigenvalue weighted by atomic mass is 16.3. The predicted molar refractivity (Wildman–Crippen MR) is 128 cm³/mol. The van der Waals surface area contributed by atoms with Gasteiger partial charge in [0.1, 0.15) is 11.5 Å². The van der Waals surface area contributed by atoms with Crippen LogP contribution in [0, 0.1) is 13.8 Å². The van der Waals surface area contributed by atoms with Gasteiger partial charge in [-0.15, -0.1) is 0 Å². The number of aromatic hydroxyl groups is 2. The first kappa shape index (κ1) is 21.5. The monoisotopic (exact) mass is 414 g/mol. The Hall–Kier alpha value is -2.74. The topological polar surface area (TPSA) is 40.5 Å². The van der Waals surface area contributed by atoms with E-state index in [9.17, 15) is 10.2 Å². The fourth-order valence-corrected chi connectivity index (χ4v) is 5.48. The molecule has 2 nitrogen and oxygen atoms in total. The Morgan fingerprint density at radius 2 is 1.29 bits per heavy atom. The zero-order valence-corrected chi connectivity index (χ0v) is 19.2. The minimum atomic E-state index is -0.0970. The van der Waals surface area contributed by atoms with Crippen molar-refractivity contribution in [1.29, 1.82) is 0 Å². The summed E-state index contributed by atoms with van der Waals surface area (Å²) in [7, 11) is 0. The molecule has 1 saturated carbocycles. The summed E-state index contributed by atoms with van der Waals surface area (Å²) in [5.74, 6) is 1.80. The quantitative estimate of drug-likeness (QED) is 0.464. The zero-order valence-electron chi connectivity index (χ0n) is 19.2. The second-order valence-corrected chi connectivity index (χ2v) is 9.64. The molecule has 3 aromatic rings. The molecule has 0 radical (unpaired) electrons. The Kier molecular flexibility index (Phi) is 5.83. The Morgan fingerprint density at radius 3 is 1.77 bits per heavy atom. The smallest absolute Gasteiger partial charge is 0.118 e. The first-order chi connectivity index (χ1) is 14.8. The van der Waals surface area contributed by atoms with E-state index in [1.54, 1.807) is 0 Å². The molecule has 0 heterocycles. The van der Waals surface area contributed by atoms with E-state index in [0.29, 0.717) is 23.3 Å². The standard InChI is InChI=1S/C29H34O2/c1-19(2)25-7-5-6-8-26(25)22-13-15-29(16-14-22,23-9-11-27(30)20(3)17-23)24-10-12-28(31)21(4)18-24/h5-12,17-19,22,30-31H,13-16H2,1-4H3. The highest BCUT2D eigenvalue weighted by Gasteiger charge is 2.39. The van der Waals surface area contributed by atoms with Crippen LogP contribution in [0.1, 0.15) is 84.7 Å². The van der Waals surface area contributed by atoms with Gasteiger partial charge in [0.05, 0.1) is 0 Å². The molecule has 0 saturated heterocycles.